The van der Waals surface area contributed by atoms with E-state index in [2.05, 4.69) is 15.3 Å². The fourth-order valence-electron chi connectivity index (χ4n) is 4.60. The summed E-state index contributed by atoms with van der Waals surface area (Å²) in [6.45, 7) is 5.55. The molecule has 0 spiro atoms. The van der Waals surface area contributed by atoms with Crippen molar-refractivity contribution in [2.75, 3.05) is 36.4 Å². The zero-order valence-electron chi connectivity index (χ0n) is 22.6. The number of oxazole rings is 1. The second-order valence-corrected chi connectivity index (χ2v) is 10.6. The highest BCUT2D eigenvalue weighted by molar-refractivity contribution is 6.04. The third-order valence-corrected chi connectivity index (χ3v) is 6.56. The first kappa shape index (κ1) is 29.6. The number of hydrogen-bond donors (Lipinski definition) is 2. The Hall–Kier alpha value is -4.42. The van der Waals surface area contributed by atoms with Gasteiger partial charge in [0.15, 0.2) is 5.69 Å². The van der Waals surface area contributed by atoms with E-state index in [1.54, 1.807) is 43.0 Å². The maximum Gasteiger partial charge on any atom is 0.452 e. The van der Waals surface area contributed by atoms with Crippen LogP contribution >= 0.6 is 0 Å². The van der Waals surface area contributed by atoms with E-state index in [-0.39, 0.29) is 30.3 Å². The van der Waals surface area contributed by atoms with Crippen molar-refractivity contribution >= 4 is 29.3 Å². The summed E-state index contributed by atoms with van der Waals surface area (Å²) < 4.78 is 45.7. The van der Waals surface area contributed by atoms with Crippen LogP contribution in [0.15, 0.2) is 53.1 Å². The van der Waals surface area contributed by atoms with Crippen LogP contribution in [0.3, 0.4) is 0 Å². The number of alkyl halides is 3. The molecule has 10 nitrogen and oxygen atoms in total. The molecule has 3 heterocycles. The number of hydrogen-bond acceptors (Lipinski definition) is 7. The van der Waals surface area contributed by atoms with Gasteiger partial charge in [-0.05, 0) is 36.1 Å². The van der Waals surface area contributed by atoms with Crippen LogP contribution in [0.4, 0.5) is 24.7 Å². The lowest BCUT2D eigenvalue weighted by Gasteiger charge is -2.27. The topological polar surface area (TPSA) is 129 Å². The monoisotopic (exact) mass is 573 g/mol. The Labute approximate surface area is 234 Å². The molecular formula is C28H30F3N5O5. The van der Waals surface area contributed by atoms with E-state index in [1.165, 1.54) is 24.4 Å². The molecule has 2 aromatic heterocycles. The molecule has 1 aliphatic heterocycles. The van der Waals surface area contributed by atoms with Crippen molar-refractivity contribution in [3.63, 3.8) is 0 Å². The van der Waals surface area contributed by atoms with Gasteiger partial charge in [0.25, 0.3) is 5.91 Å². The van der Waals surface area contributed by atoms with Crippen molar-refractivity contribution in [3.05, 3.63) is 60.1 Å². The van der Waals surface area contributed by atoms with Crippen molar-refractivity contribution in [2.24, 2.45) is 5.41 Å². The summed E-state index contributed by atoms with van der Waals surface area (Å²) >= 11 is 0. The fraction of sp³-hybridized carbons (Fsp3) is 0.393. The van der Waals surface area contributed by atoms with Crippen LogP contribution in [0, 0.1) is 5.41 Å². The van der Waals surface area contributed by atoms with E-state index in [1.807, 2.05) is 4.90 Å². The van der Waals surface area contributed by atoms with Gasteiger partial charge in [-0.2, -0.15) is 13.2 Å². The molecule has 218 valence electrons. The van der Waals surface area contributed by atoms with Gasteiger partial charge in [-0.25, -0.2) is 9.97 Å². The maximum atomic E-state index is 13.6. The Morgan fingerprint density at radius 2 is 1.73 bits per heavy atom. The quantitative estimate of drug-likeness (QED) is 0.388. The third-order valence-electron chi connectivity index (χ3n) is 6.56. The van der Waals surface area contributed by atoms with Crippen LogP contribution in [0.5, 0.6) is 0 Å². The number of nitrogens with one attached hydrogen (secondary N) is 1. The lowest BCUT2D eigenvalue weighted by Crippen LogP contribution is -2.37. The molecule has 3 aromatic rings. The number of aromatic nitrogens is 2. The summed E-state index contributed by atoms with van der Waals surface area (Å²) in [5.74, 6) is -3.39. The van der Waals surface area contributed by atoms with Crippen molar-refractivity contribution in [3.8, 4) is 11.5 Å². The van der Waals surface area contributed by atoms with E-state index < -0.39 is 34.9 Å². The average molecular weight is 574 g/mol. The minimum absolute atomic E-state index is 0.103. The standard InChI is InChI=1S/C28H30F3N5O5/c1-27(2,16-22(38)39)15-21(37)36-12-6-11-35(13-14-36)20-10-9-19(17-32-20)33-25(40)23-24(28(29,30)31)41-26(34-23)18-7-4-3-5-8-18/h3-5,7-10,17H,6,11-16H2,1-2H3,(H,33,40)(H,38,39). The number of nitrogens with zero attached hydrogens (tertiary/aromatic N) is 4. The van der Waals surface area contributed by atoms with Gasteiger partial charge in [-0.15, -0.1) is 0 Å². The zero-order chi connectivity index (χ0) is 29.8. The molecule has 0 unspecified atom stereocenters. The first-order valence-corrected chi connectivity index (χ1v) is 13.0. The Kier molecular flexibility index (Phi) is 8.64. The molecule has 0 saturated carbocycles. The molecule has 1 aliphatic rings. The van der Waals surface area contributed by atoms with Crippen LogP contribution in [-0.2, 0) is 15.8 Å². The van der Waals surface area contributed by atoms with Gasteiger partial charge in [0, 0.05) is 38.2 Å². The van der Waals surface area contributed by atoms with Gasteiger partial charge in [0.05, 0.1) is 18.3 Å². The second kappa shape index (κ2) is 12.0. The van der Waals surface area contributed by atoms with E-state index in [9.17, 15) is 27.6 Å². The van der Waals surface area contributed by atoms with Crippen LogP contribution in [0.2, 0.25) is 0 Å². The molecule has 1 saturated heterocycles. The number of carboxylic acid groups (broad SMARTS) is 1. The summed E-state index contributed by atoms with van der Waals surface area (Å²) in [4.78, 5) is 48.5. The summed E-state index contributed by atoms with van der Waals surface area (Å²) in [6, 6.07) is 11.1. The lowest BCUT2D eigenvalue weighted by molar-refractivity contribution is -0.153. The molecule has 41 heavy (non-hydrogen) atoms. The number of anilines is 2. The maximum absolute atomic E-state index is 13.6. The zero-order valence-corrected chi connectivity index (χ0v) is 22.6. The Morgan fingerprint density at radius 1 is 1.00 bits per heavy atom. The van der Waals surface area contributed by atoms with Crippen molar-refractivity contribution in [1.29, 1.82) is 0 Å². The number of halogens is 3. The summed E-state index contributed by atoms with van der Waals surface area (Å²) in [6.07, 6.45) is -2.90. The van der Waals surface area contributed by atoms with Crippen molar-refractivity contribution in [2.45, 2.75) is 39.3 Å². The van der Waals surface area contributed by atoms with Crippen LogP contribution in [0.25, 0.3) is 11.5 Å². The molecule has 1 aromatic carbocycles. The Balaban J connectivity index is 1.40. The number of benzene rings is 1. The fourth-order valence-corrected chi connectivity index (χ4v) is 4.60. The minimum atomic E-state index is -4.93. The van der Waals surface area contributed by atoms with Gasteiger partial charge >= 0.3 is 12.1 Å². The molecule has 0 aliphatic carbocycles. The number of carbonyl (C=O) groups is 3. The predicted molar refractivity (Wildman–Crippen MR) is 143 cm³/mol. The Morgan fingerprint density at radius 3 is 2.37 bits per heavy atom. The van der Waals surface area contributed by atoms with Gasteiger partial charge in [-0.3, -0.25) is 14.4 Å². The van der Waals surface area contributed by atoms with Crippen molar-refractivity contribution < 1.29 is 37.1 Å². The SMILES string of the molecule is CC(C)(CC(=O)O)CC(=O)N1CCCN(c2ccc(NC(=O)c3nc(-c4ccccc4)oc3C(F)(F)F)cn2)CC1. The largest absolute Gasteiger partial charge is 0.481 e. The van der Waals surface area contributed by atoms with E-state index in [0.717, 1.165) is 0 Å². The highest BCUT2D eigenvalue weighted by Crippen LogP contribution is 2.35. The van der Waals surface area contributed by atoms with Crippen molar-refractivity contribution in [1.82, 2.24) is 14.9 Å². The van der Waals surface area contributed by atoms with Gasteiger partial charge in [-0.1, -0.05) is 32.0 Å². The number of aliphatic carboxylic acids is 1. The molecular weight excluding hydrogens is 543 g/mol. The molecule has 2 amide bonds. The van der Waals surface area contributed by atoms with Crippen LogP contribution < -0.4 is 10.2 Å². The number of amides is 2. The predicted octanol–water partition coefficient (Wildman–Crippen LogP) is 4.94. The molecule has 1 fully saturated rings. The molecule has 0 radical (unpaired) electrons. The number of carbonyl (C=O) groups excluding carboxylic acids is 2. The normalized spacial score (nSPS) is 14.5. The van der Waals surface area contributed by atoms with Crippen LogP contribution in [0.1, 0.15) is 49.4 Å². The minimum Gasteiger partial charge on any atom is -0.481 e. The second-order valence-electron chi connectivity index (χ2n) is 10.6. The third kappa shape index (κ3) is 7.62. The Bertz CT molecular complexity index is 1390. The van der Waals surface area contributed by atoms with Gasteiger partial charge in [0.1, 0.15) is 5.82 Å². The first-order chi connectivity index (χ1) is 19.3. The van der Waals surface area contributed by atoms with Crippen LogP contribution in [-0.4, -0.2) is 63.9 Å². The molecule has 0 bridgehead atoms. The molecule has 2 N–H and O–H groups in total. The van der Waals surface area contributed by atoms with E-state index >= 15 is 0 Å². The molecule has 4 rings (SSSR count). The summed E-state index contributed by atoms with van der Waals surface area (Å²) in [5, 5.41) is 11.5. The molecule has 13 heteroatoms. The smallest absolute Gasteiger partial charge is 0.452 e. The van der Waals surface area contributed by atoms with Gasteiger partial charge in [0.2, 0.25) is 17.6 Å². The van der Waals surface area contributed by atoms with E-state index in [4.69, 9.17) is 9.52 Å². The summed E-state index contributed by atoms with van der Waals surface area (Å²) in [7, 11) is 0. The number of rotatable bonds is 8. The average Bonchev–Trinajstić information content (AvgIpc) is 3.22. The number of pyridine rings is 1. The lowest BCUT2D eigenvalue weighted by atomic mass is 9.85. The highest BCUT2D eigenvalue weighted by atomic mass is 19.4. The van der Waals surface area contributed by atoms with E-state index in [0.29, 0.717) is 44.0 Å². The van der Waals surface area contributed by atoms with Gasteiger partial charge < -0.3 is 24.6 Å². The highest BCUT2D eigenvalue weighted by Gasteiger charge is 2.42. The first-order valence-electron chi connectivity index (χ1n) is 13.0. The number of carboxylic acids is 1. The molecule has 0 atom stereocenters. The summed E-state index contributed by atoms with van der Waals surface area (Å²) in [5.41, 5.74) is -1.08.